The van der Waals surface area contributed by atoms with Crippen LogP contribution in [0.4, 0.5) is 16.2 Å². The van der Waals surface area contributed by atoms with E-state index in [1.165, 1.54) is 4.68 Å². The van der Waals surface area contributed by atoms with Gasteiger partial charge in [-0.15, -0.1) is 0 Å². The minimum absolute atomic E-state index is 0.0379. The van der Waals surface area contributed by atoms with Crippen LogP contribution in [0.2, 0.25) is 0 Å². The minimum atomic E-state index is -0.687. The number of aromatic nitrogens is 2. The highest BCUT2D eigenvalue weighted by atomic mass is 16.2. The first-order valence-electron chi connectivity index (χ1n) is 6.51. The molecule has 0 fully saturated rings. The van der Waals surface area contributed by atoms with Gasteiger partial charge >= 0.3 is 6.03 Å². The Balaban J connectivity index is 2.10. The fourth-order valence-electron chi connectivity index (χ4n) is 1.78. The lowest BCUT2D eigenvalue weighted by Crippen LogP contribution is -2.22. The third kappa shape index (κ3) is 3.59. The van der Waals surface area contributed by atoms with Gasteiger partial charge in [-0.25, -0.2) is 4.79 Å². The van der Waals surface area contributed by atoms with Crippen molar-refractivity contribution in [3.63, 3.8) is 0 Å². The van der Waals surface area contributed by atoms with E-state index in [9.17, 15) is 9.59 Å². The Labute approximate surface area is 122 Å². The summed E-state index contributed by atoms with van der Waals surface area (Å²) >= 11 is 0. The van der Waals surface area contributed by atoms with Crippen molar-refractivity contribution in [2.24, 2.45) is 5.73 Å². The van der Waals surface area contributed by atoms with E-state index in [0.29, 0.717) is 12.2 Å². The van der Waals surface area contributed by atoms with Gasteiger partial charge in [-0.2, -0.15) is 5.10 Å². The van der Waals surface area contributed by atoms with Gasteiger partial charge in [0.15, 0.2) is 5.69 Å². The molecule has 4 N–H and O–H groups in total. The summed E-state index contributed by atoms with van der Waals surface area (Å²) < 4.78 is 1.53. The van der Waals surface area contributed by atoms with Gasteiger partial charge in [-0.05, 0) is 26.0 Å². The average molecular weight is 287 g/mol. The molecule has 3 amide bonds. The van der Waals surface area contributed by atoms with Crippen molar-refractivity contribution in [3.8, 4) is 0 Å². The number of rotatable bonds is 4. The summed E-state index contributed by atoms with van der Waals surface area (Å²) in [4.78, 5) is 23.2. The second kappa shape index (κ2) is 6.08. The Bertz CT molecular complexity index is 661. The maximum Gasteiger partial charge on any atom is 0.323 e. The summed E-state index contributed by atoms with van der Waals surface area (Å²) in [7, 11) is 0. The molecule has 0 bridgehead atoms. The van der Waals surface area contributed by atoms with Crippen LogP contribution in [0.3, 0.4) is 0 Å². The molecule has 1 heterocycles. The fraction of sp³-hybridized carbons (Fsp3) is 0.214. The van der Waals surface area contributed by atoms with Crippen LogP contribution >= 0.6 is 0 Å². The normalized spacial score (nSPS) is 10.2. The molecule has 7 heteroatoms. The maximum absolute atomic E-state index is 11.9. The van der Waals surface area contributed by atoms with E-state index in [-0.39, 0.29) is 11.4 Å². The summed E-state index contributed by atoms with van der Waals surface area (Å²) in [6, 6.07) is 6.90. The van der Waals surface area contributed by atoms with E-state index in [4.69, 9.17) is 5.73 Å². The number of hydrogen-bond donors (Lipinski definition) is 3. The fourth-order valence-corrected chi connectivity index (χ4v) is 1.78. The lowest BCUT2D eigenvalue weighted by molar-refractivity contribution is 0.0995. The molecule has 0 spiro atoms. The number of carbonyl (C=O) groups is 2. The molecule has 1 aromatic heterocycles. The Hall–Kier alpha value is -2.83. The molecule has 110 valence electrons. The molecule has 0 radical (unpaired) electrons. The second-order valence-electron chi connectivity index (χ2n) is 4.56. The summed E-state index contributed by atoms with van der Waals surface area (Å²) in [6.45, 7) is 4.40. The average Bonchev–Trinajstić information content (AvgIpc) is 2.84. The molecule has 0 unspecified atom stereocenters. The quantitative estimate of drug-likeness (QED) is 0.800. The topological polar surface area (TPSA) is 102 Å². The third-order valence-corrected chi connectivity index (χ3v) is 2.88. The zero-order valence-corrected chi connectivity index (χ0v) is 11.9. The zero-order chi connectivity index (χ0) is 15.4. The van der Waals surface area contributed by atoms with E-state index >= 15 is 0 Å². The Morgan fingerprint density at radius 2 is 1.90 bits per heavy atom. The van der Waals surface area contributed by atoms with Gasteiger partial charge in [0.1, 0.15) is 0 Å². The van der Waals surface area contributed by atoms with Crippen molar-refractivity contribution in [3.05, 3.63) is 41.7 Å². The number of nitrogens with one attached hydrogen (secondary N) is 2. The molecule has 1 aromatic carbocycles. The Morgan fingerprint density at radius 3 is 2.48 bits per heavy atom. The maximum atomic E-state index is 11.9. The SMILES string of the molecule is CCn1cc(NC(=O)Nc2ccc(C)cc2)c(C(N)=O)n1. The number of hydrogen-bond acceptors (Lipinski definition) is 3. The van der Waals surface area contributed by atoms with E-state index in [0.717, 1.165) is 5.56 Å². The molecule has 7 nitrogen and oxygen atoms in total. The third-order valence-electron chi connectivity index (χ3n) is 2.88. The van der Waals surface area contributed by atoms with E-state index in [2.05, 4.69) is 15.7 Å². The molecule has 2 aromatic rings. The molecule has 0 atom stereocenters. The van der Waals surface area contributed by atoms with Crippen molar-refractivity contribution in [2.45, 2.75) is 20.4 Å². The summed E-state index contributed by atoms with van der Waals surface area (Å²) in [5.41, 5.74) is 7.32. The van der Waals surface area contributed by atoms with Gasteiger partial charge < -0.3 is 16.4 Å². The van der Waals surface area contributed by atoms with Crippen LogP contribution in [0.5, 0.6) is 0 Å². The van der Waals surface area contributed by atoms with Gasteiger partial charge in [-0.1, -0.05) is 17.7 Å². The summed E-state index contributed by atoms with van der Waals surface area (Å²) in [6.07, 6.45) is 1.56. The number of primary amides is 1. The monoisotopic (exact) mass is 287 g/mol. The van der Waals surface area contributed by atoms with Gasteiger partial charge in [0.2, 0.25) is 0 Å². The number of aryl methyl sites for hydroxylation is 2. The minimum Gasteiger partial charge on any atom is -0.364 e. The number of nitrogens with zero attached hydrogens (tertiary/aromatic N) is 2. The van der Waals surface area contributed by atoms with Crippen LogP contribution < -0.4 is 16.4 Å². The number of nitrogens with two attached hydrogens (primary N) is 1. The Kier molecular flexibility index (Phi) is 4.22. The molecule has 21 heavy (non-hydrogen) atoms. The van der Waals surface area contributed by atoms with Gasteiger partial charge in [0.25, 0.3) is 5.91 Å². The molecular formula is C14H17N5O2. The molecular weight excluding hydrogens is 270 g/mol. The lowest BCUT2D eigenvalue weighted by atomic mass is 10.2. The molecule has 0 aliphatic carbocycles. The van der Waals surface area contributed by atoms with Crippen molar-refractivity contribution >= 4 is 23.3 Å². The molecule has 0 aliphatic rings. The number of urea groups is 1. The first-order chi connectivity index (χ1) is 9.99. The Morgan fingerprint density at radius 1 is 1.24 bits per heavy atom. The summed E-state index contributed by atoms with van der Waals surface area (Å²) in [5, 5.41) is 9.25. The van der Waals surface area contributed by atoms with Crippen LogP contribution in [0.15, 0.2) is 30.5 Å². The van der Waals surface area contributed by atoms with Crippen LogP contribution in [0.1, 0.15) is 23.0 Å². The lowest BCUT2D eigenvalue weighted by Gasteiger charge is -2.07. The van der Waals surface area contributed by atoms with Crippen LogP contribution in [-0.2, 0) is 6.54 Å². The van der Waals surface area contributed by atoms with Crippen molar-refractivity contribution in [1.29, 1.82) is 0 Å². The van der Waals surface area contributed by atoms with Crippen molar-refractivity contribution in [2.75, 3.05) is 10.6 Å². The smallest absolute Gasteiger partial charge is 0.323 e. The number of benzene rings is 1. The number of anilines is 2. The van der Waals surface area contributed by atoms with Crippen LogP contribution in [0.25, 0.3) is 0 Å². The molecule has 0 aliphatic heterocycles. The highest BCUT2D eigenvalue weighted by Crippen LogP contribution is 2.14. The second-order valence-corrected chi connectivity index (χ2v) is 4.56. The largest absolute Gasteiger partial charge is 0.364 e. The molecule has 0 saturated carbocycles. The van der Waals surface area contributed by atoms with Gasteiger partial charge in [-0.3, -0.25) is 9.48 Å². The summed E-state index contributed by atoms with van der Waals surface area (Å²) in [5.74, 6) is -0.687. The number of amides is 3. The molecule has 0 saturated heterocycles. The van der Waals surface area contributed by atoms with Gasteiger partial charge in [0, 0.05) is 18.4 Å². The van der Waals surface area contributed by atoms with Crippen molar-refractivity contribution in [1.82, 2.24) is 9.78 Å². The van der Waals surface area contributed by atoms with E-state index in [1.807, 2.05) is 26.0 Å². The highest BCUT2D eigenvalue weighted by molar-refractivity contribution is 6.05. The number of carbonyl (C=O) groups excluding carboxylic acids is 2. The van der Waals surface area contributed by atoms with E-state index < -0.39 is 11.9 Å². The predicted octanol–water partition coefficient (Wildman–Crippen LogP) is 1.95. The van der Waals surface area contributed by atoms with Crippen molar-refractivity contribution < 1.29 is 9.59 Å². The van der Waals surface area contributed by atoms with Crippen LogP contribution in [0, 0.1) is 6.92 Å². The van der Waals surface area contributed by atoms with Gasteiger partial charge in [0.05, 0.1) is 5.69 Å². The standard InChI is InChI=1S/C14H17N5O2/c1-3-19-8-11(12(18-19)13(15)20)17-14(21)16-10-6-4-9(2)5-7-10/h4-8H,3H2,1-2H3,(H2,15,20)(H2,16,17,21). The first-order valence-corrected chi connectivity index (χ1v) is 6.51. The predicted molar refractivity (Wildman–Crippen MR) is 80.2 cm³/mol. The van der Waals surface area contributed by atoms with E-state index in [1.54, 1.807) is 18.3 Å². The first kappa shape index (κ1) is 14.6. The molecule has 2 rings (SSSR count). The zero-order valence-electron chi connectivity index (χ0n) is 11.9. The highest BCUT2D eigenvalue weighted by Gasteiger charge is 2.15. The van der Waals surface area contributed by atoms with Crippen LogP contribution in [-0.4, -0.2) is 21.7 Å².